The number of aliphatic hydroxyl groups is 1. The molecule has 2 aromatic carbocycles. The number of ketones is 1. The highest BCUT2D eigenvalue weighted by atomic mass is 32.1. The third kappa shape index (κ3) is 4.60. The van der Waals surface area contributed by atoms with Gasteiger partial charge >= 0.3 is 11.9 Å². The number of nitro benzene ring substituents is 1. The van der Waals surface area contributed by atoms with Crippen molar-refractivity contribution in [1.82, 2.24) is 4.98 Å². The molecular formula is C26H23N3O7S. The first-order valence-electron chi connectivity index (χ1n) is 11.3. The van der Waals surface area contributed by atoms with Gasteiger partial charge in [-0.25, -0.2) is 9.78 Å². The Morgan fingerprint density at radius 1 is 1.19 bits per heavy atom. The zero-order chi connectivity index (χ0) is 27.0. The van der Waals surface area contributed by atoms with Gasteiger partial charge in [-0.05, 0) is 44.9 Å². The number of carbonyl (C=O) groups excluding carboxylic acids is 3. The van der Waals surface area contributed by atoms with Gasteiger partial charge in [0.1, 0.15) is 10.6 Å². The average Bonchev–Trinajstić information content (AvgIpc) is 3.37. The van der Waals surface area contributed by atoms with Crippen molar-refractivity contribution in [2.45, 2.75) is 33.7 Å². The van der Waals surface area contributed by atoms with E-state index in [0.717, 1.165) is 21.8 Å². The van der Waals surface area contributed by atoms with E-state index in [0.29, 0.717) is 16.8 Å². The molecule has 37 heavy (non-hydrogen) atoms. The molecule has 1 unspecified atom stereocenters. The van der Waals surface area contributed by atoms with E-state index in [2.05, 4.69) is 4.98 Å². The van der Waals surface area contributed by atoms with Gasteiger partial charge in [0.2, 0.25) is 0 Å². The Morgan fingerprint density at radius 2 is 1.92 bits per heavy atom. The number of esters is 1. The van der Waals surface area contributed by atoms with Crippen LogP contribution in [-0.4, -0.2) is 39.3 Å². The summed E-state index contributed by atoms with van der Waals surface area (Å²) in [6.07, 6.45) is 0. The lowest BCUT2D eigenvalue weighted by atomic mass is 9.93. The number of nitrogens with zero attached hydrogens (tertiary/aromatic N) is 3. The second kappa shape index (κ2) is 9.94. The molecule has 1 aliphatic rings. The second-order valence-corrected chi connectivity index (χ2v) is 9.45. The van der Waals surface area contributed by atoms with E-state index in [4.69, 9.17) is 4.74 Å². The Bertz CT molecular complexity index is 1490. The SMILES string of the molecule is CCOC(=O)c1sc(N2C(=O)C(=O)C(=C(O)c3cc(C)ccc3C)C2c2cccc([N+](=O)[O-])c2)nc1C. The highest BCUT2D eigenvalue weighted by Gasteiger charge is 2.49. The molecule has 1 N–H and O–H groups in total. The van der Waals surface area contributed by atoms with Gasteiger partial charge in [-0.1, -0.05) is 41.2 Å². The number of benzene rings is 2. The summed E-state index contributed by atoms with van der Waals surface area (Å²) in [6, 6.07) is 9.58. The quantitative estimate of drug-likeness (QED) is 0.122. The first-order valence-corrected chi connectivity index (χ1v) is 12.1. The molecule has 4 rings (SSSR count). The zero-order valence-electron chi connectivity index (χ0n) is 20.5. The normalized spacial score (nSPS) is 16.8. The topological polar surface area (TPSA) is 140 Å². The number of anilines is 1. The van der Waals surface area contributed by atoms with Crippen molar-refractivity contribution in [3.05, 3.63) is 91.0 Å². The molecule has 1 aliphatic heterocycles. The van der Waals surface area contributed by atoms with Crippen LogP contribution in [0.5, 0.6) is 0 Å². The molecule has 1 atom stereocenters. The Kier molecular flexibility index (Phi) is 6.90. The van der Waals surface area contributed by atoms with Gasteiger partial charge in [0.05, 0.1) is 28.8 Å². The van der Waals surface area contributed by atoms with E-state index in [1.165, 1.54) is 24.3 Å². The molecule has 1 aromatic heterocycles. The Morgan fingerprint density at radius 3 is 2.59 bits per heavy atom. The molecule has 10 nitrogen and oxygen atoms in total. The Balaban J connectivity index is 1.98. The van der Waals surface area contributed by atoms with Gasteiger partial charge in [-0.3, -0.25) is 24.6 Å². The molecule has 1 fully saturated rings. The van der Waals surface area contributed by atoms with Crippen LogP contribution < -0.4 is 4.90 Å². The summed E-state index contributed by atoms with van der Waals surface area (Å²) in [7, 11) is 0. The average molecular weight is 522 g/mol. The van der Waals surface area contributed by atoms with Crippen LogP contribution >= 0.6 is 11.3 Å². The lowest BCUT2D eigenvalue weighted by Crippen LogP contribution is -2.29. The maximum absolute atomic E-state index is 13.4. The lowest BCUT2D eigenvalue weighted by molar-refractivity contribution is -0.384. The molecule has 0 radical (unpaired) electrons. The predicted molar refractivity (Wildman–Crippen MR) is 137 cm³/mol. The number of nitro groups is 1. The fourth-order valence-electron chi connectivity index (χ4n) is 4.16. The molecule has 0 aliphatic carbocycles. The van der Waals surface area contributed by atoms with E-state index in [1.807, 2.05) is 13.0 Å². The number of aryl methyl sites for hydroxylation is 3. The molecule has 3 aromatic rings. The molecule has 190 valence electrons. The van der Waals surface area contributed by atoms with E-state index >= 15 is 0 Å². The van der Waals surface area contributed by atoms with Gasteiger partial charge in [-0.15, -0.1) is 0 Å². The number of hydrogen-bond donors (Lipinski definition) is 1. The Labute approximate surface area is 216 Å². The van der Waals surface area contributed by atoms with Gasteiger partial charge in [0.25, 0.3) is 11.5 Å². The standard InChI is InChI=1S/C26H23N3O7S/c1-5-36-25(33)23-15(4)27-26(37-23)28-20(16-7-6-8-17(12-16)29(34)35)19(22(31)24(28)32)21(30)18-11-13(2)9-10-14(18)3/h6-12,20,30H,5H2,1-4H3. The highest BCUT2D eigenvalue weighted by molar-refractivity contribution is 7.17. The van der Waals surface area contributed by atoms with Crippen molar-refractivity contribution in [2.24, 2.45) is 0 Å². The maximum atomic E-state index is 13.4. The van der Waals surface area contributed by atoms with Crippen LogP contribution in [0.15, 0.2) is 48.0 Å². The summed E-state index contributed by atoms with van der Waals surface area (Å²) in [5.41, 5.74) is 1.89. The van der Waals surface area contributed by atoms with Gasteiger partial charge < -0.3 is 9.84 Å². The number of amides is 1. The van der Waals surface area contributed by atoms with Crippen LogP contribution in [0.1, 0.15) is 50.6 Å². The molecule has 1 amide bonds. The summed E-state index contributed by atoms with van der Waals surface area (Å²) in [5, 5.41) is 22.9. The number of hydrogen-bond acceptors (Lipinski definition) is 9. The molecule has 0 saturated carbocycles. The number of non-ortho nitro benzene ring substituents is 1. The van der Waals surface area contributed by atoms with Crippen molar-refractivity contribution in [3.8, 4) is 0 Å². The zero-order valence-corrected chi connectivity index (χ0v) is 21.3. The lowest BCUT2D eigenvalue weighted by Gasteiger charge is -2.23. The minimum absolute atomic E-state index is 0.0270. The van der Waals surface area contributed by atoms with Crippen LogP contribution in [0.2, 0.25) is 0 Å². The smallest absolute Gasteiger partial charge is 0.350 e. The third-order valence-electron chi connectivity index (χ3n) is 5.94. The summed E-state index contributed by atoms with van der Waals surface area (Å²) in [4.78, 5) is 55.6. The summed E-state index contributed by atoms with van der Waals surface area (Å²) in [6.45, 7) is 6.94. The number of ether oxygens (including phenoxy) is 1. The minimum Gasteiger partial charge on any atom is -0.507 e. The van der Waals surface area contributed by atoms with Crippen molar-refractivity contribution in [3.63, 3.8) is 0 Å². The fraction of sp³-hybridized carbons (Fsp3) is 0.231. The maximum Gasteiger partial charge on any atom is 0.350 e. The third-order valence-corrected chi connectivity index (χ3v) is 7.08. The number of rotatable bonds is 6. The van der Waals surface area contributed by atoms with Crippen LogP contribution in [0, 0.1) is 30.9 Å². The molecule has 0 spiro atoms. The number of carbonyl (C=O) groups is 3. The Hall–Kier alpha value is -4.38. The first kappa shape index (κ1) is 25.7. The summed E-state index contributed by atoms with van der Waals surface area (Å²) >= 11 is 0.864. The van der Waals surface area contributed by atoms with Crippen LogP contribution in [0.3, 0.4) is 0 Å². The first-order chi connectivity index (χ1) is 17.5. The molecule has 0 bridgehead atoms. The number of thiazole rings is 1. The highest BCUT2D eigenvalue weighted by Crippen LogP contribution is 2.44. The number of aromatic nitrogens is 1. The van der Waals surface area contributed by atoms with Gasteiger partial charge in [0, 0.05) is 17.7 Å². The van der Waals surface area contributed by atoms with Crippen molar-refractivity contribution < 1.29 is 29.2 Å². The molecule has 1 saturated heterocycles. The monoisotopic (exact) mass is 521 g/mol. The van der Waals surface area contributed by atoms with Crippen LogP contribution in [0.25, 0.3) is 5.76 Å². The van der Waals surface area contributed by atoms with Gasteiger partial charge in [0.15, 0.2) is 5.13 Å². The van der Waals surface area contributed by atoms with E-state index < -0.39 is 34.4 Å². The fourth-order valence-corrected chi connectivity index (χ4v) is 5.15. The second-order valence-electron chi connectivity index (χ2n) is 8.47. The van der Waals surface area contributed by atoms with Crippen molar-refractivity contribution >= 4 is 45.6 Å². The number of Topliss-reactive ketones (excluding diaryl/α,β-unsaturated/α-hetero) is 1. The van der Waals surface area contributed by atoms with Crippen molar-refractivity contribution in [1.29, 1.82) is 0 Å². The summed E-state index contributed by atoms with van der Waals surface area (Å²) in [5.74, 6) is -2.98. The van der Waals surface area contributed by atoms with Gasteiger partial charge in [-0.2, -0.15) is 0 Å². The van der Waals surface area contributed by atoms with E-state index in [1.54, 1.807) is 32.9 Å². The largest absolute Gasteiger partial charge is 0.507 e. The van der Waals surface area contributed by atoms with Crippen molar-refractivity contribution in [2.75, 3.05) is 11.5 Å². The van der Waals surface area contributed by atoms with E-state index in [9.17, 15) is 29.6 Å². The van der Waals surface area contributed by atoms with Crippen LogP contribution in [0.4, 0.5) is 10.8 Å². The minimum atomic E-state index is -1.22. The molecular weight excluding hydrogens is 498 g/mol. The number of aliphatic hydroxyl groups excluding tert-OH is 1. The molecule has 11 heteroatoms. The summed E-state index contributed by atoms with van der Waals surface area (Å²) < 4.78 is 5.06. The van der Waals surface area contributed by atoms with E-state index in [-0.39, 0.29) is 33.4 Å². The predicted octanol–water partition coefficient (Wildman–Crippen LogP) is 4.78. The molecule has 2 heterocycles. The van der Waals surface area contributed by atoms with Crippen LogP contribution in [-0.2, 0) is 14.3 Å².